The predicted molar refractivity (Wildman–Crippen MR) is 117 cm³/mol. The minimum atomic E-state index is 0.469. The summed E-state index contributed by atoms with van der Waals surface area (Å²) < 4.78 is 0. The second-order valence-electron chi connectivity index (χ2n) is 6.83. The van der Waals surface area contributed by atoms with Crippen molar-refractivity contribution in [1.29, 1.82) is 0 Å². The van der Waals surface area contributed by atoms with Crippen molar-refractivity contribution in [2.75, 3.05) is 28.6 Å². The molecule has 6 heteroatoms. The van der Waals surface area contributed by atoms with Gasteiger partial charge in [0, 0.05) is 30.2 Å². The third-order valence-corrected chi connectivity index (χ3v) is 5.01. The standard InChI is InChI=1S/C22H28N6/c1-6-28(7-2)18-11-12-19(16(4)13-18)24-21-14-23-27-22(26-21)25-20-10-8-9-15(3)17(20)5/h8-14H,6-7H2,1-5H3,(H2,24,25,26,27). The number of aryl methyl sites for hydroxylation is 2. The minimum absolute atomic E-state index is 0.469. The maximum atomic E-state index is 4.56. The number of nitrogens with zero attached hydrogens (tertiary/aromatic N) is 4. The third-order valence-electron chi connectivity index (χ3n) is 5.01. The normalized spacial score (nSPS) is 10.6. The first kappa shape index (κ1) is 19.6. The van der Waals surface area contributed by atoms with Gasteiger partial charge >= 0.3 is 0 Å². The van der Waals surface area contributed by atoms with E-state index in [9.17, 15) is 0 Å². The average molecular weight is 377 g/mol. The van der Waals surface area contributed by atoms with E-state index in [0.717, 1.165) is 30.0 Å². The summed E-state index contributed by atoms with van der Waals surface area (Å²) in [5.41, 5.74) is 6.77. The van der Waals surface area contributed by atoms with E-state index in [1.807, 2.05) is 12.1 Å². The van der Waals surface area contributed by atoms with Crippen LogP contribution in [-0.2, 0) is 0 Å². The Bertz CT molecular complexity index is 950. The van der Waals surface area contributed by atoms with Crippen molar-refractivity contribution in [3.05, 3.63) is 59.3 Å². The lowest BCUT2D eigenvalue weighted by molar-refractivity contribution is 0.866. The summed E-state index contributed by atoms with van der Waals surface area (Å²) in [5.74, 6) is 1.12. The average Bonchev–Trinajstić information content (AvgIpc) is 2.69. The van der Waals surface area contributed by atoms with E-state index >= 15 is 0 Å². The van der Waals surface area contributed by atoms with Crippen LogP contribution in [0.2, 0.25) is 0 Å². The van der Waals surface area contributed by atoms with Gasteiger partial charge in [0.1, 0.15) is 0 Å². The number of aromatic nitrogens is 3. The highest BCUT2D eigenvalue weighted by Crippen LogP contribution is 2.26. The highest BCUT2D eigenvalue weighted by atomic mass is 15.3. The molecule has 28 heavy (non-hydrogen) atoms. The van der Waals surface area contributed by atoms with Crippen LogP contribution in [0.4, 0.5) is 28.8 Å². The van der Waals surface area contributed by atoms with Crippen LogP contribution in [-0.4, -0.2) is 28.3 Å². The Hall–Kier alpha value is -3.15. The van der Waals surface area contributed by atoms with Gasteiger partial charge < -0.3 is 15.5 Å². The first-order valence-corrected chi connectivity index (χ1v) is 9.67. The number of anilines is 5. The molecule has 3 rings (SSSR count). The maximum Gasteiger partial charge on any atom is 0.249 e. The zero-order valence-corrected chi connectivity index (χ0v) is 17.2. The van der Waals surface area contributed by atoms with E-state index in [-0.39, 0.29) is 0 Å². The van der Waals surface area contributed by atoms with Crippen LogP contribution >= 0.6 is 0 Å². The molecule has 2 aromatic carbocycles. The lowest BCUT2D eigenvalue weighted by Gasteiger charge is -2.22. The molecule has 0 aliphatic rings. The molecule has 0 radical (unpaired) electrons. The van der Waals surface area contributed by atoms with Crippen molar-refractivity contribution in [3.63, 3.8) is 0 Å². The van der Waals surface area contributed by atoms with Crippen LogP contribution in [0.1, 0.15) is 30.5 Å². The molecule has 0 saturated carbocycles. The summed E-state index contributed by atoms with van der Waals surface area (Å²) in [6.07, 6.45) is 1.63. The first-order valence-electron chi connectivity index (χ1n) is 9.67. The molecule has 3 aromatic rings. The van der Waals surface area contributed by atoms with Crippen molar-refractivity contribution in [3.8, 4) is 0 Å². The lowest BCUT2D eigenvalue weighted by atomic mass is 10.1. The molecule has 0 aliphatic heterocycles. The maximum absolute atomic E-state index is 4.56. The molecule has 0 aliphatic carbocycles. The van der Waals surface area contributed by atoms with Crippen LogP contribution in [0.25, 0.3) is 0 Å². The summed E-state index contributed by atoms with van der Waals surface area (Å²) in [4.78, 5) is 6.89. The number of hydrogen-bond donors (Lipinski definition) is 2. The van der Waals surface area contributed by atoms with Gasteiger partial charge in [-0.15, -0.1) is 5.10 Å². The van der Waals surface area contributed by atoms with Crippen LogP contribution in [0.15, 0.2) is 42.6 Å². The molecule has 0 amide bonds. The van der Waals surface area contributed by atoms with Crippen LogP contribution in [0.5, 0.6) is 0 Å². The molecule has 0 atom stereocenters. The summed E-state index contributed by atoms with van der Waals surface area (Å²) in [6, 6.07) is 12.5. The number of nitrogens with one attached hydrogen (secondary N) is 2. The third kappa shape index (κ3) is 4.39. The van der Waals surface area contributed by atoms with Gasteiger partial charge in [-0.3, -0.25) is 0 Å². The molecule has 146 valence electrons. The van der Waals surface area contributed by atoms with Crippen LogP contribution in [0, 0.1) is 20.8 Å². The SMILES string of the molecule is CCN(CC)c1ccc(Nc2cnnc(Nc3cccc(C)c3C)n2)c(C)c1. The summed E-state index contributed by atoms with van der Waals surface area (Å²) >= 11 is 0. The van der Waals surface area contributed by atoms with Gasteiger partial charge in [-0.05, 0) is 75.6 Å². The Morgan fingerprint density at radius 1 is 0.893 bits per heavy atom. The zero-order valence-electron chi connectivity index (χ0n) is 17.2. The Balaban J connectivity index is 1.78. The van der Waals surface area contributed by atoms with Gasteiger partial charge in [-0.2, -0.15) is 10.1 Å². The second kappa shape index (κ2) is 8.69. The highest BCUT2D eigenvalue weighted by molar-refractivity contribution is 5.66. The first-order chi connectivity index (χ1) is 13.5. The van der Waals surface area contributed by atoms with Gasteiger partial charge in [-0.1, -0.05) is 12.1 Å². The fourth-order valence-corrected chi connectivity index (χ4v) is 3.14. The van der Waals surface area contributed by atoms with Gasteiger partial charge in [-0.25, -0.2) is 0 Å². The topological polar surface area (TPSA) is 66.0 Å². The quantitative estimate of drug-likeness (QED) is 0.596. The minimum Gasteiger partial charge on any atom is -0.372 e. The fraction of sp³-hybridized carbons (Fsp3) is 0.318. The molecule has 2 N–H and O–H groups in total. The Morgan fingerprint density at radius 3 is 2.39 bits per heavy atom. The Morgan fingerprint density at radius 2 is 1.68 bits per heavy atom. The molecule has 1 aromatic heterocycles. The van der Waals surface area contributed by atoms with E-state index in [1.165, 1.54) is 16.8 Å². The van der Waals surface area contributed by atoms with E-state index in [4.69, 9.17) is 0 Å². The second-order valence-corrected chi connectivity index (χ2v) is 6.83. The van der Waals surface area contributed by atoms with Crippen LogP contribution < -0.4 is 15.5 Å². The lowest BCUT2D eigenvalue weighted by Crippen LogP contribution is -2.21. The number of benzene rings is 2. The van der Waals surface area contributed by atoms with Gasteiger partial charge in [0.25, 0.3) is 0 Å². The Labute approximate surface area is 167 Å². The molecule has 1 heterocycles. The summed E-state index contributed by atoms with van der Waals surface area (Å²) in [7, 11) is 0. The zero-order chi connectivity index (χ0) is 20.1. The molecule has 6 nitrogen and oxygen atoms in total. The molecule has 0 saturated heterocycles. The molecule has 0 unspecified atom stereocenters. The van der Waals surface area contributed by atoms with E-state index in [1.54, 1.807) is 6.20 Å². The smallest absolute Gasteiger partial charge is 0.249 e. The highest BCUT2D eigenvalue weighted by Gasteiger charge is 2.08. The molecular weight excluding hydrogens is 348 g/mol. The summed E-state index contributed by atoms with van der Waals surface area (Å²) in [5, 5.41) is 14.8. The summed E-state index contributed by atoms with van der Waals surface area (Å²) in [6.45, 7) is 12.6. The van der Waals surface area contributed by atoms with E-state index < -0.39 is 0 Å². The van der Waals surface area contributed by atoms with Crippen LogP contribution in [0.3, 0.4) is 0 Å². The van der Waals surface area contributed by atoms with Gasteiger partial charge in [0.2, 0.25) is 5.95 Å². The largest absolute Gasteiger partial charge is 0.372 e. The monoisotopic (exact) mass is 376 g/mol. The molecular formula is C22H28N6. The van der Waals surface area contributed by atoms with Crippen molar-refractivity contribution < 1.29 is 0 Å². The van der Waals surface area contributed by atoms with E-state index in [2.05, 4.69) is 89.6 Å². The molecule has 0 fully saturated rings. The van der Waals surface area contributed by atoms with Crippen molar-refractivity contribution in [2.45, 2.75) is 34.6 Å². The Kier molecular flexibility index (Phi) is 6.09. The van der Waals surface area contributed by atoms with Gasteiger partial charge in [0.05, 0.1) is 6.20 Å². The predicted octanol–water partition coefficient (Wildman–Crippen LogP) is 5.13. The van der Waals surface area contributed by atoms with Crippen molar-refractivity contribution in [1.82, 2.24) is 15.2 Å². The fourth-order valence-electron chi connectivity index (χ4n) is 3.14. The molecule has 0 spiro atoms. The molecule has 0 bridgehead atoms. The number of hydrogen-bond acceptors (Lipinski definition) is 6. The van der Waals surface area contributed by atoms with Crippen molar-refractivity contribution in [2.24, 2.45) is 0 Å². The number of rotatable bonds is 7. The van der Waals surface area contributed by atoms with Crippen molar-refractivity contribution >= 4 is 28.8 Å². The van der Waals surface area contributed by atoms with Gasteiger partial charge in [0.15, 0.2) is 5.82 Å². The van der Waals surface area contributed by atoms with E-state index in [0.29, 0.717) is 11.8 Å².